The van der Waals surface area contributed by atoms with Gasteiger partial charge in [-0.1, -0.05) is 13.8 Å². The predicted octanol–water partition coefficient (Wildman–Crippen LogP) is 1.63. The standard InChI is InChI=1S/C15H25N5O2S/c1-12(2)13-16-14(23-17-13)18-4-3-5-19(7-6-18)15(21)20-8-10-22-11-9-20/h12H,3-11H2,1-2H3. The van der Waals surface area contributed by atoms with Crippen LogP contribution in [0.2, 0.25) is 0 Å². The minimum Gasteiger partial charge on any atom is -0.378 e. The smallest absolute Gasteiger partial charge is 0.320 e. The van der Waals surface area contributed by atoms with E-state index >= 15 is 0 Å². The van der Waals surface area contributed by atoms with Gasteiger partial charge in [0.05, 0.1) is 13.2 Å². The van der Waals surface area contributed by atoms with Crippen molar-refractivity contribution in [1.82, 2.24) is 19.2 Å². The van der Waals surface area contributed by atoms with Gasteiger partial charge in [-0.3, -0.25) is 0 Å². The number of carbonyl (C=O) groups excluding carboxylic acids is 1. The molecule has 2 saturated heterocycles. The number of urea groups is 1. The number of morpholine rings is 1. The molecule has 2 fully saturated rings. The van der Waals surface area contributed by atoms with Crippen molar-refractivity contribution in [2.24, 2.45) is 0 Å². The first-order chi connectivity index (χ1) is 11.1. The van der Waals surface area contributed by atoms with E-state index in [0.29, 0.717) is 32.2 Å². The fourth-order valence-corrected chi connectivity index (χ4v) is 3.70. The highest BCUT2D eigenvalue weighted by Gasteiger charge is 2.26. The van der Waals surface area contributed by atoms with Crippen LogP contribution in [-0.2, 0) is 4.74 Å². The van der Waals surface area contributed by atoms with Crippen LogP contribution in [0.3, 0.4) is 0 Å². The van der Waals surface area contributed by atoms with Gasteiger partial charge < -0.3 is 19.4 Å². The van der Waals surface area contributed by atoms with Crippen molar-refractivity contribution < 1.29 is 9.53 Å². The summed E-state index contributed by atoms with van der Waals surface area (Å²) in [5, 5.41) is 0.981. The van der Waals surface area contributed by atoms with Crippen molar-refractivity contribution in [1.29, 1.82) is 0 Å². The van der Waals surface area contributed by atoms with E-state index in [1.807, 2.05) is 9.80 Å². The maximum atomic E-state index is 12.6. The zero-order chi connectivity index (χ0) is 16.2. The number of ether oxygens (including phenoxy) is 1. The molecule has 0 aliphatic carbocycles. The van der Waals surface area contributed by atoms with E-state index in [-0.39, 0.29) is 6.03 Å². The van der Waals surface area contributed by atoms with Gasteiger partial charge in [0.15, 0.2) is 0 Å². The molecule has 0 unspecified atom stereocenters. The van der Waals surface area contributed by atoms with Crippen LogP contribution in [0.4, 0.5) is 9.93 Å². The Morgan fingerprint density at radius 1 is 1.09 bits per heavy atom. The number of nitrogens with zero attached hydrogens (tertiary/aromatic N) is 5. The summed E-state index contributed by atoms with van der Waals surface area (Å²) in [5.74, 6) is 1.27. The summed E-state index contributed by atoms with van der Waals surface area (Å²) in [6, 6.07) is 0.148. The molecule has 2 aliphatic heterocycles. The van der Waals surface area contributed by atoms with E-state index < -0.39 is 0 Å². The lowest BCUT2D eigenvalue weighted by Crippen LogP contribution is -2.49. The molecule has 0 spiro atoms. The van der Waals surface area contributed by atoms with Crippen molar-refractivity contribution in [3.63, 3.8) is 0 Å². The maximum Gasteiger partial charge on any atom is 0.320 e. The van der Waals surface area contributed by atoms with Crippen LogP contribution in [0.25, 0.3) is 0 Å². The molecular weight excluding hydrogens is 314 g/mol. The zero-order valence-corrected chi connectivity index (χ0v) is 14.7. The highest BCUT2D eigenvalue weighted by Crippen LogP contribution is 2.22. The molecule has 0 bridgehead atoms. The normalized spacial score (nSPS) is 20.0. The lowest BCUT2D eigenvalue weighted by atomic mass is 10.2. The summed E-state index contributed by atoms with van der Waals surface area (Å²) in [6.07, 6.45) is 0.965. The minimum absolute atomic E-state index is 0.148. The summed E-state index contributed by atoms with van der Waals surface area (Å²) in [4.78, 5) is 23.4. The van der Waals surface area contributed by atoms with Crippen LogP contribution in [0.15, 0.2) is 0 Å². The molecule has 0 aromatic carbocycles. The number of anilines is 1. The van der Waals surface area contributed by atoms with Crippen molar-refractivity contribution in [3.05, 3.63) is 5.82 Å². The summed E-state index contributed by atoms with van der Waals surface area (Å²) in [5.41, 5.74) is 0. The second-order valence-corrected chi connectivity index (χ2v) is 7.03. The van der Waals surface area contributed by atoms with Crippen LogP contribution in [0.5, 0.6) is 0 Å². The topological polar surface area (TPSA) is 61.8 Å². The number of rotatable bonds is 2. The van der Waals surface area contributed by atoms with Gasteiger partial charge in [0, 0.05) is 56.7 Å². The van der Waals surface area contributed by atoms with Crippen LogP contribution in [0, 0.1) is 0 Å². The second-order valence-electron chi connectivity index (χ2n) is 6.30. The molecular formula is C15H25N5O2S. The monoisotopic (exact) mass is 339 g/mol. The Morgan fingerprint density at radius 2 is 1.83 bits per heavy atom. The molecule has 0 N–H and O–H groups in total. The number of hydrogen-bond donors (Lipinski definition) is 0. The molecule has 2 aliphatic rings. The van der Waals surface area contributed by atoms with E-state index in [1.54, 1.807) is 0 Å². The van der Waals surface area contributed by atoms with Gasteiger partial charge in [-0.2, -0.15) is 4.37 Å². The number of aromatic nitrogens is 2. The van der Waals surface area contributed by atoms with Gasteiger partial charge in [0.2, 0.25) is 5.13 Å². The molecule has 3 heterocycles. The van der Waals surface area contributed by atoms with E-state index in [4.69, 9.17) is 4.74 Å². The highest BCUT2D eigenvalue weighted by molar-refractivity contribution is 7.09. The SMILES string of the molecule is CC(C)c1nsc(N2CCCN(C(=O)N3CCOCC3)CC2)n1. The molecule has 3 rings (SSSR count). The molecule has 128 valence electrons. The third-order valence-corrected chi connectivity index (χ3v) is 5.06. The number of carbonyl (C=O) groups is 1. The summed E-state index contributed by atoms with van der Waals surface area (Å²) >= 11 is 1.47. The first-order valence-electron chi connectivity index (χ1n) is 8.35. The molecule has 2 amide bonds. The number of hydrogen-bond acceptors (Lipinski definition) is 6. The molecule has 1 aromatic heterocycles. The second kappa shape index (κ2) is 7.44. The van der Waals surface area contributed by atoms with E-state index in [2.05, 4.69) is 28.1 Å². The Balaban J connectivity index is 1.59. The Labute approximate surface area is 141 Å². The van der Waals surface area contributed by atoms with Crippen molar-refractivity contribution in [3.8, 4) is 0 Å². The third-order valence-electron chi connectivity index (χ3n) is 4.27. The van der Waals surface area contributed by atoms with E-state index in [9.17, 15) is 4.79 Å². The van der Waals surface area contributed by atoms with E-state index in [0.717, 1.165) is 43.6 Å². The highest BCUT2D eigenvalue weighted by atomic mass is 32.1. The van der Waals surface area contributed by atoms with Crippen LogP contribution >= 0.6 is 11.5 Å². The molecule has 8 heteroatoms. The van der Waals surface area contributed by atoms with Gasteiger partial charge in [-0.15, -0.1) is 0 Å². The van der Waals surface area contributed by atoms with Crippen LogP contribution < -0.4 is 4.90 Å². The Kier molecular flexibility index (Phi) is 5.32. The van der Waals surface area contributed by atoms with Gasteiger partial charge in [-0.25, -0.2) is 9.78 Å². The molecule has 7 nitrogen and oxygen atoms in total. The number of amides is 2. The predicted molar refractivity (Wildman–Crippen MR) is 90.2 cm³/mol. The Hall–Kier alpha value is -1.41. The van der Waals surface area contributed by atoms with Crippen molar-refractivity contribution >= 4 is 22.7 Å². The molecule has 0 saturated carbocycles. The van der Waals surface area contributed by atoms with Crippen LogP contribution in [0.1, 0.15) is 32.0 Å². The quantitative estimate of drug-likeness (QED) is 0.819. The molecule has 1 aromatic rings. The molecule has 23 heavy (non-hydrogen) atoms. The third kappa shape index (κ3) is 3.92. The summed E-state index contributed by atoms with van der Waals surface area (Å²) in [6.45, 7) is 10.2. The lowest BCUT2D eigenvalue weighted by Gasteiger charge is -2.32. The zero-order valence-electron chi connectivity index (χ0n) is 13.9. The van der Waals surface area contributed by atoms with Gasteiger partial charge >= 0.3 is 6.03 Å². The van der Waals surface area contributed by atoms with Crippen molar-refractivity contribution in [2.45, 2.75) is 26.2 Å². The fraction of sp³-hybridized carbons (Fsp3) is 0.800. The summed E-state index contributed by atoms with van der Waals surface area (Å²) < 4.78 is 9.76. The van der Waals surface area contributed by atoms with Gasteiger partial charge in [-0.05, 0) is 6.42 Å². The lowest BCUT2D eigenvalue weighted by molar-refractivity contribution is 0.0438. The Bertz CT molecular complexity index is 530. The first-order valence-corrected chi connectivity index (χ1v) is 9.12. The average Bonchev–Trinajstić information content (AvgIpc) is 2.94. The van der Waals surface area contributed by atoms with Gasteiger partial charge in [0.25, 0.3) is 0 Å². The largest absolute Gasteiger partial charge is 0.378 e. The molecule has 0 radical (unpaired) electrons. The molecule has 0 atom stereocenters. The van der Waals surface area contributed by atoms with Gasteiger partial charge in [0.1, 0.15) is 5.82 Å². The van der Waals surface area contributed by atoms with Crippen molar-refractivity contribution in [2.75, 3.05) is 57.4 Å². The first kappa shape index (κ1) is 16.4. The average molecular weight is 339 g/mol. The van der Waals surface area contributed by atoms with Crippen LogP contribution in [-0.4, -0.2) is 77.7 Å². The van der Waals surface area contributed by atoms with E-state index in [1.165, 1.54) is 11.5 Å². The summed E-state index contributed by atoms with van der Waals surface area (Å²) in [7, 11) is 0. The minimum atomic E-state index is 0.148. The maximum absolute atomic E-state index is 12.6. The Morgan fingerprint density at radius 3 is 2.52 bits per heavy atom. The fourth-order valence-electron chi connectivity index (χ4n) is 2.84.